The molecule has 2 rings (SSSR count). The van der Waals surface area contributed by atoms with E-state index in [9.17, 15) is 24.0 Å². The highest BCUT2D eigenvalue weighted by Crippen LogP contribution is 2.22. The minimum Gasteiger partial charge on any atom is -0.444 e. The topological polar surface area (TPSA) is 134 Å². The largest absolute Gasteiger partial charge is 0.444 e. The molecule has 0 aromatic heterocycles. The maximum Gasteiger partial charge on any atom is 0.408 e. The quantitative estimate of drug-likeness (QED) is 0.436. The van der Waals surface area contributed by atoms with E-state index in [1.807, 2.05) is 13.8 Å². The van der Waals surface area contributed by atoms with Crippen LogP contribution in [0.15, 0.2) is 0 Å². The summed E-state index contributed by atoms with van der Waals surface area (Å²) in [5.74, 6) is -1.06. The van der Waals surface area contributed by atoms with Crippen LogP contribution in [0.4, 0.5) is 4.79 Å². The Morgan fingerprint density at radius 2 is 1.91 bits per heavy atom. The molecule has 2 heterocycles. The van der Waals surface area contributed by atoms with Crippen molar-refractivity contribution in [3.05, 3.63) is 0 Å². The van der Waals surface area contributed by atoms with Crippen molar-refractivity contribution in [2.45, 2.75) is 90.4 Å². The number of alkyl carbamates (subject to hydrolysis) is 1. The number of amides is 4. The molecule has 2 saturated heterocycles. The summed E-state index contributed by atoms with van der Waals surface area (Å²) in [6.45, 7) is 10.1. The lowest BCUT2D eigenvalue weighted by Crippen LogP contribution is -2.55. The van der Waals surface area contributed by atoms with Crippen LogP contribution in [-0.2, 0) is 23.9 Å². The zero-order valence-corrected chi connectivity index (χ0v) is 20.3. The minimum atomic E-state index is -0.822. The first-order chi connectivity index (χ1) is 15.4. The number of hydrogen-bond donors (Lipinski definition) is 3. The molecule has 0 unspecified atom stereocenters. The van der Waals surface area contributed by atoms with Crippen molar-refractivity contribution in [1.29, 1.82) is 0 Å². The van der Waals surface area contributed by atoms with Crippen molar-refractivity contribution in [2.24, 2.45) is 11.8 Å². The predicted molar refractivity (Wildman–Crippen MR) is 121 cm³/mol. The number of hydrogen-bond acceptors (Lipinski definition) is 6. The van der Waals surface area contributed by atoms with Gasteiger partial charge in [-0.2, -0.15) is 0 Å². The van der Waals surface area contributed by atoms with E-state index in [4.69, 9.17) is 4.74 Å². The molecule has 4 atom stereocenters. The first-order valence-corrected chi connectivity index (χ1v) is 11.7. The van der Waals surface area contributed by atoms with Gasteiger partial charge >= 0.3 is 6.09 Å². The Kier molecular flexibility index (Phi) is 9.25. The second-order valence-corrected chi connectivity index (χ2v) is 10.3. The number of carbonyl (C=O) groups excluding carboxylic acids is 5. The smallest absolute Gasteiger partial charge is 0.408 e. The Bertz CT molecular complexity index is 748. The molecule has 186 valence electrons. The van der Waals surface area contributed by atoms with E-state index < -0.39 is 35.7 Å². The molecule has 0 aliphatic carbocycles. The summed E-state index contributed by atoms with van der Waals surface area (Å²) in [5.41, 5.74) is -0.703. The molecule has 2 fully saturated rings. The Hall–Kier alpha value is -2.65. The van der Waals surface area contributed by atoms with Gasteiger partial charge in [0.1, 0.15) is 24.0 Å². The molecule has 3 N–H and O–H groups in total. The lowest BCUT2D eigenvalue weighted by Gasteiger charge is -2.30. The number of nitrogens with zero attached hydrogens (tertiary/aromatic N) is 1. The third-order valence-electron chi connectivity index (χ3n) is 5.73. The Labute approximate surface area is 195 Å². The summed E-state index contributed by atoms with van der Waals surface area (Å²) in [6.07, 6.45) is 2.32. The van der Waals surface area contributed by atoms with Gasteiger partial charge in [-0.25, -0.2) is 4.79 Å². The van der Waals surface area contributed by atoms with E-state index in [1.54, 1.807) is 20.8 Å². The first-order valence-electron chi connectivity index (χ1n) is 11.7. The predicted octanol–water partition coefficient (Wildman–Crippen LogP) is 1.13. The Balaban J connectivity index is 2.05. The van der Waals surface area contributed by atoms with E-state index in [1.165, 1.54) is 4.90 Å². The summed E-state index contributed by atoms with van der Waals surface area (Å²) in [7, 11) is 0. The van der Waals surface area contributed by atoms with Gasteiger partial charge < -0.3 is 30.4 Å². The van der Waals surface area contributed by atoms with Gasteiger partial charge in [0.05, 0.1) is 6.04 Å². The maximum atomic E-state index is 13.3. The summed E-state index contributed by atoms with van der Waals surface area (Å²) < 4.78 is 5.30. The van der Waals surface area contributed by atoms with Gasteiger partial charge in [0.2, 0.25) is 17.7 Å². The van der Waals surface area contributed by atoms with Crippen LogP contribution in [0.2, 0.25) is 0 Å². The molecule has 0 aromatic carbocycles. The molecular formula is C23H38N4O6. The average Bonchev–Trinajstić information content (AvgIpc) is 3.33. The van der Waals surface area contributed by atoms with Crippen molar-refractivity contribution in [2.75, 3.05) is 13.1 Å². The van der Waals surface area contributed by atoms with Crippen LogP contribution < -0.4 is 16.0 Å². The molecule has 2 aliphatic rings. The molecule has 10 heteroatoms. The molecule has 0 saturated carbocycles. The molecule has 2 aliphatic heterocycles. The molecule has 0 bridgehead atoms. The summed E-state index contributed by atoms with van der Waals surface area (Å²) >= 11 is 0. The standard InChI is InChI=1S/C23H38N4O6/c1-14(2)11-17(26-22(32)33-23(3,4)5)21(31)27-10-6-7-18(27)20(30)25-16(13-28)12-15-8-9-24-19(15)29/h13-18H,6-12H2,1-5H3,(H,24,29)(H,25,30)(H,26,32)/t15-,16-,17-,18-/m0/s1. The van der Waals surface area contributed by atoms with Crippen LogP contribution >= 0.6 is 0 Å². The summed E-state index contributed by atoms with van der Waals surface area (Å²) in [5, 5.41) is 8.08. The highest BCUT2D eigenvalue weighted by Gasteiger charge is 2.39. The summed E-state index contributed by atoms with van der Waals surface area (Å²) in [4.78, 5) is 63.4. The SMILES string of the molecule is CC(C)C[C@H](NC(=O)OC(C)(C)C)C(=O)N1CCC[C@H]1C(=O)N[C@H](C=O)C[C@@H]1CCNC1=O. The van der Waals surface area contributed by atoms with Gasteiger partial charge in [0.25, 0.3) is 0 Å². The van der Waals surface area contributed by atoms with Crippen LogP contribution in [0.3, 0.4) is 0 Å². The van der Waals surface area contributed by atoms with Gasteiger partial charge in [-0.15, -0.1) is 0 Å². The molecule has 4 amide bonds. The number of aldehydes is 1. The highest BCUT2D eigenvalue weighted by molar-refractivity contribution is 5.92. The Morgan fingerprint density at radius 1 is 1.21 bits per heavy atom. The van der Waals surface area contributed by atoms with Crippen LogP contribution in [0.1, 0.15) is 66.7 Å². The zero-order valence-electron chi connectivity index (χ0n) is 20.3. The summed E-state index contributed by atoms with van der Waals surface area (Å²) in [6, 6.07) is -2.35. The fourth-order valence-electron chi connectivity index (χ4n) is 4.25. The van der Waals surface area contributed by atoms with Gasteiger partial charge in [-0.3, -0.25) is 14.4 Å². The van der Waals surface area contributed by atoms with E-state index in [0.717, 1.165) is 0 Å². The van der Waals surface area contributed by atoms with Crippen molar-refractivity contribution in [1.82, 2.24) is 20.9 Å². The fraction of sp³-hybridized carbons (Fsp3) is 0.783. The number of likely N-dealkylation sites (tertiary alicyclic amines) is 1. The van der Waals surface area contributed by atoms with Crippen LogP contribution in [0.5, 0.6) is 0 Å². The normalized spacial score (nSPS) is 22.5. The lowest BCUT2D eigenvalue weighted by atomic mass is 9.98. The van der Waals surface area contributed by atoms with E-state index in [-0.39, 0.29) is 30.1 Å². The van der Waals surface area contributed by atoms with Gasteiger partial charge in [0.15, 0.2) is 0 Å². The highest BCUT2D eigenvalue weighted by atomic mass is 16.6. The van der Waals surface area contributed by atoms with Crippen molar-refractivity contribution in [3.8, 4) is 0 Å². The molecule has 33 heavy (non-hydrogen) atoms. The lowest BCUT2D eigenvalue weighted by molar-refractivity contribution is -0.140. The van der Waals surface area contributed by atoms with E-state index >= 15 is 0 Å². The second-order valence-electron chi connectivity index (χ2n) is 10.3. The number of carbonyl (C=O) groups is 5. The monoisotopic (exact) mass is 466 g/mol. The Morgan fingerprint density at radius 3 is 2.45 bits per heavy atom. The number of rotatable bonds is 9. The van der Waals surface area contributed by atoms with Gasteiger partial charge in [0, 0.05) is 19.0 Å². The second kappa shape index (κ2) is 11.5. The molecule has 10 nitrogen and oxygen atoms in total. The average molecular weight is 467 g/mol. The third kappa shape index (κ3) is 8.01. The van der Waals surface area contributed by atoms with Crippen molar-refractivity contribution < 1.29 is 28.7 Å². The number of ether oxygens (including phenoxy) is 1. The van der Waals surface area contributed by atoms with Gasteiger partial charge in [-0.1, -0.05) is 13.8 Å². The minimum absolute atomic E-state index is 0.112. The van der Waals surface area contributed by atoms with E-state index in [2.05, 4.69) is 16.0 Å². The molecule has 0 spiro atoms. The van der Waals surface area contributed by atoms with Crippen LogP contribution in [0, 0.1) is 11.8 Å². The first kappa shape index (κ1) is 26.6. The fourth-order valence-corrected chi connectivity index (χ4v) is 4.25. The van der Waals surface area contributed by atoms with Crippen LogP contribution in [-0.4, -0.2) is 71.8 Å². The van der Waals surface area contributed by atoms with Crippen molar-refractivity contribution >= 4 is 30.1 Å². The van der Waals surface area contributed by atoms with Gasteiger partial charge in [-0.05, 0) is 58.8 Å². The van der Waals surface area contributed by atoms with Crippen molar-refractivity contribution in [3.63, 3.8) is 0 Å². The number of nitrogens with one attached hydrogen (secondary N) is 3. The molecular weight excluding hydrogens is 428 g/mol. The third-order valence-corrected chi connectivity index (χ3v) is 5.73. The molecule has 0 radical (unpaired) electrons. The zero-order chi connectivity index (χ0) is 24.8. The van der Waals surface area contributed by atoms with E-state index in [0.29, 0.717) is 45.1 Å². The van der Waals surface area contributed by atoms with Crippen LogP contribution in [0.25, 0.3) is 0 Å². The maximum absolute atomic E-state index is 13.3. The molecule has 0 aromatic rings.